The fourth-order valence-electron chi connectivity index (χ4n) is 3.86. The molecule has 1 aromatic rings. The summed E-state index contributed by atoms with van der Waals surface area (Å²) in [6, 6.07) is 4.13. The van der Waals surface area contributed by atoms with E-state index in [0.717, 1.165) is 50.2 Å². The second-order valence-electron chi connectivity index (χ2n) is 7.76. The summed E-state index contributed by atoms with van der Waals surface area (Å²) in [5, 5.41) is 7.72. The first-order chi connectivity index (χ1) is 13.2. The normalized spacial score (nSPS) is 22.3. The first-order valence-electron chi connectivity index (χ1n) is 10.2. The number of anilines is 1. The fourth-order valence-corrected chi connectivity index (χ4v) is 4.10. The van der Waals surface area contributed by atoms with Crippen molar-refractivity contribution in [2.45, 2.75) is 38.6 Å². The van der Waals surface area contributed by atoms with Gasteiger partial charge in [0.1, 0.15) is 5.82 Å². The molecule has 3 rings (SSSR count). The number of piperidine rings is 1. The van der Waals surface area contributed by atoms with Crippen LogP contribution in [0.25, 0.3) is 0 Å². The Morgan fingerprint density at radius 3 is 2.85 bits per heavy atom. The molecule has 1 atom stereocenters. The van der Waals surface area contributed by atoms with E-state index in [0.29, 0.717) is 11.1 Å². The summed E-state index contributed by atoms with van der Waals surface area (Å²) < 4.78 is 0. The molecule has 1 aromatic heterocycles. The maximum absolute atomic E-state index is 6.28. The molecule has 150 valence electrons. The predicted octanol–water partition coefficient (Wildman–Crippen LogP) is 2.60. The zero-order valence-electron chi connectivity index (χ0n) is 16.6. The number of aliphatic imine (C=N–C) groups is 1. The van der Waals surface area contributed by atoms with Crippen molar-refractivity contribution in [3.05, 3.63) is 23.4 Å². The van der Waals surface area contributed by atoms with E-state index >= 15 is 0 Å². The molecule has 0 bridgehead atoms. The lowest BCUT2D eigenvalue weighted by atomic mass is 9.99. The smallest absolute Gasteiger partial charge is 0.191 e. The minimum Gasteiger partial charge on any atom is -0.356 e. The van der Waals surface area contributed by atoms with Crippen LogP contribution in [0.15, 0.2) is 23.3 Å². The lowest BCUT2D eigenvalue weighted by Crippen LogP contribution is -2.45. The molecule has 2 aliphatic rings. The van der Waals surface area contributed by atoms with E-state index in [-0.39, 0.29) is 0 Å². The first kappa shape index (κ1) is 20.2. The van der Waals surface area contributed by atoms with Gasteiger partial charge in [0, 0.05) is 38.9 Å². The third-order valence-electron chi connectivity index (χ3n) is 5.61. The van der Waals surface area contributed by atoms with Gasteiger partial charge in [0.25, 0.3) is 0 Å². The zero-order chi connectivity index (χ0) is 19.1. The summed E-state index contributed by atoms with van der Waals surface area (Å²) in [7, 11) is 1.84. The molecule has 6 nitrogen and oxygen atoms in total. The van der Waals surface area contributed by atoms with Crippen LogP contribution in [0.3, 0.4) is 0 Å². The molecule has 2 N–H and O–H groups in total. The Morgan fingerprint density at radius 2 is 2.11 bits per heavy atom. The number of nitrogens with one attached hydrogen (secondary N) is 2. The predicted molar refractivity (Wildman–Crippen MR) is 114 cm³/mol. The Balaban J connectivity index is 1.36. The lowest BCUT2D eigenvalue weighted by Gasteiger charge is -2.30. The highest BCUT2D eigenvalue weighted by Crippen LogP contribution is 2.25. The topological polar surface area (TPSA) is 55.8 Å². The zero-order valence-corrected chi connectivity index (χ0v) is 17.4. The summed E-state index contributed by atoms with van der Waals surface area (Å²) >= 11 is 6.28. The van der Waals surface area contributed by atoms with Crippen molar-refractivity contribution in [2.24, 2.45) is 10.9 Å². The van der Waals surface area contributed by atoms with E-state index in [2.05, 4.69) is 37.3 Å². The minimum absolute atomic E-state index is 0.359. The number of aromatic nitrogens is 1. The van der Waals surface area contributed by atoms with Crippen LogP contribution in [0.1, 0.15) is 32.6 Å². The molecular formula is C20H33ClN6. The summed E-state index contributed by atoms with van der Waals surface area (Å²) in [5.74, 6) is 2.66. The van der Waals surface area contributed by atoms with Crippen molar-refractivity contribution < 1.29 is 0 Å². The Hall–Kier alpha value is -1.53. The Bertz CT molecular complexity index is 614. The molecule has 2 aliphatic heterocycles. The second-order valence-corrected chi connectivity index (χ2v) is 8.17. The molecule has 0 spiro atoms. The van der Waals surface area contributed by atoms with Gasteiger partial charge in [-0.05, 0) is 63.4 Å². The molecule has 0 saturated carbocycles. The molecule has 7 heteroatoms. The minimum atomic E-state index is 0.359. The number of nitrogens with zero attached hydrogens (tertiary/aromatic N) is 4. The summed E-state index contributed by atoms with van der Waals surface area (Å²) in [5.41, 5.74) is 0. The molecule has 1 unspecified atom stereocenters. The highest BCUT2D eigenvalue weighted by atomic mass is 35.5. The molecule has 2 fully saturated rings. The van der Waals surface area contributed by atoms with Gasteiger partial charge in [0.15, 0.2) is 5.96 Å². The van der Waals surface area contributed by atoms with Crippen LogP contribution in [-0.2, 0) is 0 Å². The van der Waals surface area contributed by atoms with Crippen molar-refractivity contribution in [3.63, 3.8) is 0 Å². The van der Waals surface area contributed by atoms with Gasteiger partial charge >= 0.3 is 0 Å². The molecule has 0 aromatic carbocycles. The molecule has 3 heterocycles. The van der Waals surface area contributed by atoms with Gasteiger partial charge in [-0.25, -0.2) is 4.98 Å². The van der Waals surface area contributed by atoms with Crippen LogP contribution in [0, 0.1) is 5.92 Å². The number of hydrogen-bond acceptors (Lipinski definition) is 4. The maximum Gasteiger partial charge on any atom is 0.191 e. The van der Waals surface area contributed by atoms with Crippen molar-refractivity contribution in [1.29, 1.82) is 0 Å². The molecule has 27 heavy (non-hydrogen) atoms. The van der Waals surface area contributed by atoms with E-state index in [1.54, 1.807) is 6.20 Å². The highest BCUT2D eigenvalue weighted by molar-refractivity contribution is 6.32. The van der Waals surface area contributed by atoms with Gasteiger partial charge in [-0.1, -0.05) is 18.5 Å². The van der Waals surface area contributed by atoms with Crippen LogP contribution in [0.4, 0.5) is 5.82 Å². The third-order valence-corrected chi connectivity index (χ3v) is 5.91. The highest BCUT2D eigenvalue weighted by Gasteiger charge is 2.25. The van der Waals surface area contributed by atoms with Crippen LogP contribution in [0.2, 0.25) is 5.02 Å². The SMILES string of the molecule is CN=C(NCCCN1CCC(C)CC1)NC1CCN(c2ncccc2Cl)C1. The average molecular weight is 393 g/mol. The largest absolute Gasteiger partial charge is 0.356 e. The van der Waals surface area contributed by atoms with E-state index in [4.69, 9.17) is 11.6 Å². The van der Waals surface area contributed by atoms with Gasteiger partial charge in [0.2, 0.25) is 0 Å². The standard InChI is InChI=1S/C20H33ClN6/c1-16-6-12-26(13-7-16)11-4-10-24-20(22-2)25-17-8-14-27(15-17)19-18(21)5-3-9-23-19/h3,5,9,16-17H,4,6-8,10-15H2,1-2H3,(H2,22,24,25). The molecule has 0 amide bonds. The fraction of sp³-hybridized carbons (Fsp3) is 0.700. The number of halogens is 1. The van der Waals surface area contributed by atoms with Gasteiger partial charge in [-0.15, -0.1) is 0 Å². The van der Waals surface area contributed by atoms with E-state index < -0.39 is 0 Å². The van der Waals surface area contributed by atoms with Crippen LogP contribution in [-0.4, -0.2) is 68.2 Å². The van der Waals surface area contributed by atoms with E-state index in [1.165, 1.54) is 32.5 Å². The van der Waals surface area contributed by atoms with Crippen molar-refractivity contribution in [2.75, 3.05) is 51.2 Å². The van der Waals surface area contributed by atoms with E-state index in [9.17, 15) is 0 Å². The van der Waals surface area contributed by atoms with E-state index in [1.807, 2.05) is 19.2 Å². The summed E-state index contributed by atoms with van der Waals surface area (Å²) in [4.78, 5) is 13.6. The number of rotatable bonds is 6. The number of guanidine groups is 1. The monoisotopic (exact) mass is 392 g/mol. The average Bonchev–Trinajstić information content (AvgIpc) is 3.14. The second kappa shape index (κ2) is 10.1. The van der Waals surface area contributed by atoms with Gasteiger partial charge in [-0.3, -0.25) is 4.99 Å². The molecular weight excluding hydrogens is 360 g/mol. The quantitative estimate of drug-likeness (QED) is 0.442. The number of likely N-dealkylation sites (tertiary alicyclic amines) is 1. The summed E-state index contributed by atoms with van der Waals surface area (Å²) in [6.07, 6.45) is 6.69. The van der Waals surface area contributed by atoms with Gasteiger partial charge in [0.05, 0.1) is 5.02 Å². The van der Waals surface area contributed by atoms with Crippen molar-refractivity contribution >= 4 is 23.4 Å². The Morgan fingerprint density at radius 1 is 1.30 bits per heavy atom. The summed E-state index contributed by atoms with van der Waals surface area (Å²) in [6.45, 7) is 8.84. The lowest BCUT2D eigenvalue weighted by molar-refractivity contribution is 0.191. The van der Waals surface area contributed by atoms with Crippen LogP contribution in [0.5, 0.6) is 0 Å². The van der Waals surface area contributed by atoms with Crippen molar-refractivity contribution in [1.82, 2.24) is 20.5 Å². The Kier molecular flexibility index (Phi) is 7.59. The number of hydrogen-bond donors (Lipinski definition) is 2. The molecule has 2 saturated heterocycles. The van der Waals surface area contributed by atoms with Crippen LogP contribution < -0.4 is 15.5 Å². The maximum atomic E-state index is 6.28. The number of pyridine rings is 1. The van der Waals surface area contributed by atoms with Crippen molar-refractivity contribution in [3.8, 4) is 0 Å². The Labute approximate surface area is 168 Å². The first-order valence-corrected chi connectivity index (χ1v) is 10.6. The van der Waals surface area contributed by atoms with Crippen LogP contribution >= 0.6 is 11.6 Å². The molecule has 0 aliphatic carbocycles. The molecule has 0 radical (unpaired) electrons. The van der Waals surface area contributed by atoms with Gasteiger partial charge in [-0.2, -0.15) is 0 Å². The van der Waals surface area contributed by atoms with Gasteiger partial charge < -0.3 is 20.4 Å². The third kappa shape index (κ3) is 5.98.